The molecule has 0 spiro atoms. The van der Waals surface area contributed by atoms with Crippen LogP contribution in [0.15, 0.2) is 29.5 Å². The van der Waals surface area contributed by atoms with Gasteiger partial charge in [-0.05, 0) is 24.5 Å². The number of nitrogens with two attached hydrogens (primary N) is 1. The number of pyridine rings is 1. The molecule has 0 radical (unpaired) electrons. The molecule has 0 aliphatic carbocycles. The molecule has 0 aromatic carbocycles. The zero-order chi connectivity index (χ0) is 14.5. The van der Waals surface area contributed by atoms with Crippen molar-refractivity contribution in [1.82, 2.24) is 10.3 Å². The number of hydrogen-bond acceptors (Lipinski definition) is 3. The number of primary amides is 1. The number of carbonyl (C=O) groups excluding carboxylic acids is 1. The highest BCUT2D eigenvalue weighted by Gasteiger charge is 2.20. The molecule has 6 heteroatoms. The second kappa shape index (κ2) is 6.17. The summed E-state index contributed by atoms with van der Waals surface area (Å²) >= 11 is 0. The molecule has 4 N–H and O–H groups in total. The summed E-state index contributed by atoms with van der Waals surface area (Å²) in [6.45, 7) is 8.22. The molecule has 1 atom stereocenters. The molecular weight excluding hydrogens is 242 g/mol. The van der Waals surface area contributed by atoms with Crippen LogP contribution < -0.4 is 16.4 Å². The van der Waals surface area contributed by atoms with Crippen molar-refractivity contribution in [2.24, 2.45) is 16.1 Å². The van der Waals surface area contributed by atoms with Crippen LogP contribution in [0.4, 0.5) is 10.5 Å². The number of amides is 2. The smallest absolute Gasteiger partial charge is 0.318 e. The third-order valence-electron chi connectivity index (χ3n) is 2.76. The van der Waals surface area contributed by atoms with Crippen molar-refractivity contribution in [3.05, 3.63) is 24.5 Å². The molecule has 1 rings (SSSR count). The number of hydrogen-bond donors (Lipinski definition) is 3. The Morgan fingerprint density at radius 1 is 1.37 bits per heavy atom. The first kappa shape index (κ1) is 14.9. The van der Waals surface area contributed by atoms with Gasteiger partial charge in [0.2, 0.25) is 5.96 Å². The molecule has 19 heavy (non-hydrogen) atoms. The molecular formula is C13H21N5O. The molecule has 1 heterocycles. The van der Waals surface area contributed by atoms with E-state index in [0.29, 0.717) is 5.96 Å². The quantitative estimate of drug-likeness (QED) is 0.562. The van der Waals surface area contributed by atoms with Crippen LogP contribution in [0.2, 0.25) is 0 Å². The van der Waals surface area contributed by atoms with Crippen molar-refractivity contribution in [3.8, 4) is 0 Å². The summed E-state index contributed by atoms with van der Waals surface area (Å²) in [4.78, 5) is 19.4. The van der Waals surface area contributed by atoms with Gasteiger partial charge in [-0.1, -0.05) is 20.8 Å². The average Bonchev–Trinajstić information content (AvgIpc) is 2.28. The summed E-state index contributed by atoms with van der Waals surface area (Å²) in [6.07, 6.45) is 3.30. The number of guanidine groups is 1. The Balaban J connectivity index is 2.89. The third-order valence-corrected chi connectivity index (χ3v) is 2.76. The number of urea groups is 1. The van der Waals surface area contributed by atoms with Gasteiger partial charge in [-0.3, -0.25) is 10.3 Å². The molecule has 0 aliphatic rings. The number of nitrogens with one attached hydrogen (secondary N) is 2. The topological polar surface area (TPSA) is 92.4 Å². The summed E-state index contributed by atoms with van der Waals surface area (Å²) in [6, 6.07) is 2.92. The molecule has 0 fully saturated rings. The lowest BCUT2D eigenvalue weighted by Crippen LogP contribution is -2.41. The molecule has 0 aliphatic heterocycles. The lowest BCUT2D eigenvalue weighted by atomic mass is 9.88. The largest absolute Gasteiger partial charge is 0.351 e. The van der Waals surface area contributed by atoms with Crippen molar-refractivity contribution in [1.29, 1.82) is 0 Å². The van der Waals surface area contributed by atoms with Gasteiger partial charge in [0.25, 0.3) is 0 Å². The monoisotopic (exact) mass is 263 g/mol. The first-order valence-corrected chi connectivity index (χ1v) is 6.10. The summed E-state index contributed by atoms with van der Waals surface area (Å²) in [5, 5.41) is 5.50. The summed E-state index contributed by atoms with van der Waals surface area (Å²) in [7, 11) is 0. The Morgan fingerprint density at radius 3 is 2.42 bits per heavy atom. The molecule has 0 saturated heterocycles. The molecule has 0 bridgehead atoms. The van der Waals surface area contributed by atoms with Gasteiger partial charge in [0.1, 0.15) is 0 Å². The number of anilines is 1. The maximum Gasteiger partial charge on any atom is 0.318 e. The molecule has 1 aromatic rings. The van der Waals surface area contributed by atoms with E-state index in [4.69, 9.17) is 5.73 Å². The fourth-order valence-electron chi connectivity index (χ4n) is 1.17. The standard InChI is InChI=1S/C13H21N5O/c1-9(13(2,3)4)16-12(18-11(14)19)17-10-5-7-15-8-6-10/h5-9H,1-4H3,(H4,14,15,16,17,18,19). The Kier molecular flexibility index (Phi) is 4.86. The van der Waals surface area contributed by atoms with Crippen LogP contribution in [0, 0.1) is 5.41 Å². The predicted molar refractivity (Wildman–Crippen MR) is 76.9 cm³/mol. The number of aliphatic imine (C=N–C) groups is 1. The van der Waals surface area contributed by atoms with Crippen LogP contribution in [-0.4, -0.2) is 23.0 Å². The van der Waals surface area contributed by atoms with Gasteiger partial charge in [-0.15, -0.1) is 0 Å². The Hall–Kier alpha value is -2.11. The number of rotatable bonds is 2. The summed E-state index contributed by atoms with van der Waals surface area (Å²) in [5.74, 6) is 0.334. The van der Waals surface area contributed by atoms with Gasteiger partial charge in [0.15, 0.2) is 0 Å². The van der Waals surface area contributed by atoms with Crippen LogP contribution >= 0.6 is 0 Å². The van der Waals surface area contributed by atoms with Gasteiger partial charge in [-0.2, -0.15) is 0 Å². The minimum Gasteiger partial charge on any atom is -0.351 e. The minimum atomic E-state index is -0.651. The lowest BCUT2D eigenvalue weighted by Gasteiger charge is -2.24. The first-order chi connectivity index (χ1) is 8.79. The third kappa shape index (κ3) is 5.37. The molecule has 1 unspecified atom stereocenters. The highest BCUT2D eigenvalue weighted by molar-refractivity contribution is 6.03. The van der Waals surface area contributed by atoms with Crippen LogP contribution in [0.3, 0.4) is 0 Å². The van der Waals surface area contributed by atoms with E-state index in [2.05, 4.69) is 41.4 Å². The van der Waals surface area contributed by atoms with Gasteiger partial charge in [0, 0.05) is 18.1 Å². The minimum absolute atomic E-state index is 0.00942. The summed E-state index contributed by atoms with van der Waals surface area (Å²) < 4.78 is 0. The first-order valence-electron chi connectivity index (χ1n) is 6.10. The second-order valence-corrected chi connectivity index (χ2v) is 5.37. The zero-order valence-electron chi connectivity index (χ0n) is 11.8. The maximum atomic E-state index is 11.0. The highest BCUT2D eigenvalue weighted by Crippen LogP contribution is 2.21. The van der Waals surface area contributed by atoms with Crippen molar-refractivity contribution >= 4 is 17.7 Å². The van der Waals surface area contributed by atoms with E-state index in [1.807, 2.05) is 6.92 Å². The van der Waals surface area contributed by atoms with Gasteiger partial charge < -0.3 is 11.1 Å². The van der Waals surface area contributed by atoms with Gasteiger partial charge >= 0.3 is 6.03 Å². The van der Waals surface area contributed by atoms with Crippen LogP contribution in [0.5, 0.6) is 0 Å². The molecule has 6 nitrogen and oxygen atoms in total. The van der Waals surface area contributed by atoms with E-state index in [-0.39, 0.29) is 11.5 Å². The number of carbonyl (C=O) groups is 1. The summed E-state index contributed by atoms with van der Waals surface area (Å²) in [5.41, 5.74) is 5.92. The van der Waals surface area contributed by atoms with Crippen LogP contribution in [0.25, 0.3) is 0 Å². The van der Waals surface area contributed by atoms with Crippen molar-refractivity contribution in [2.75, 3.05) is 5.32 Å². The lowest BCUT2D eigenvalue weighted by molar-refractivity contribution is 0.253. The SMILES string of the molecule is CC(N=C(NC(N)=O)Nc1ccncc1)C(C)(C)C. The molecule has 104 valence electrons. The van der Waals surface area contributed by atoms with E-state index in [1.54, 1.807) is 24.5 Å². The molecule has 0 saturated carbocycles. The van der Waals surface area contributed by atoms with Gasteiger partial charge in [0.05, 0.1) is 6.04 Å². The Bertz CT molecular complexity index is 450. The second-order valence-electron chi connectivity index (χ2n) is 5.37. The van der Waals surface area contributed by atoms with E-state index in [0.717, 1.165) is 5.69 Å². The van der Waals surface area contributed by atoms with E-state index < -0.39 is 6.03 Å². The Morgan fingerprint density at radius 2 is 1.95 bits per heavy atom. The van der Waals surface area contributed by atoms with Crippen molar-refractivity contribution < 1.29 is 4.79 Å². The Labute approximate surface area is 113 Å². The zero-order valence-corrected chi connectivity index (χ0v) is 11.8. The fourth-order valence-corrected chi connectivity index (χ4v) is 1.17. The van der Waals surface area contributed by atoms with E-state index in [9.17, 15) is 4.79 Å². The number of aromatic nitrogens is 1. The van der Waals surface area contributed by atoms with Crippen molar-refractivity contribution in [2.45, 2.75) is 33.7 Å². The maximum absolute atomic E-state index is 11.0. The fraction of sp³-hybridized carbons (Fsp3) is 0.462. The van der Waals surface area contributed by atoms with Crippen molar-refractivity contribution in [3.63, 3.8) is 0 Å². The normalized spacial score (nSPS) is 13.8. The number of nitrogens with zero attached hydrogens (tertiary/aromatic N) is 2. The average molecular weight is 263 g/mol. The van der Waals surface area contributed by atoms with Crippen LogP contribution in [-0.2, 0) is 0 Å². The molecule has 1 aromatic heterocycles. The van der Waals surface area contributed by atoms with E-state index >= 15 is 0 Å². The molecule has 2 amide bonds. The van der Waals surface area contributed by atoms with E-state index in [1.165, 1.54) is 0 Å². The van der Waals surface area contributed by atoms with Gasteiger partial charge in [-0.25, -0.2) is 9.79 Å². The van der Waals surface area contributed by atoms with Crippen LogP contribution in [0.1, 0.15) is 27.7 Å². The predicted octanol–water partition coefficient (Wildman–Crippen LogP) is 1.95. The highest BCUT2D eigenvalue weighted by atomic mass is 16.2.